The molecule has 0 aliphatic carbocycles. The van der Waals surface area contributed by atoms with E-state index in [-0.39, 0.29) is 5.78 Å². The average molecular weight is 317 g/mol. The zero-order chi connectivity index (χ0) is 11.5. The van der Waals surface area contributed by atoms with Crippen molar-refractivity contribution < 1.29 is 4.79 Å². The van der Waals surface area contributed by atoms with Crippen LogP contribution in [0.15, 0.2) is 34.4 Å². The normalized spacial score (nSPS) is 10.4. The van der Waals surface area contributed by atoms with E-state index in [1.54, 1.807) is 29.9 Å². The molecule has 2 rings (SSSR count). The van der Waals surface area contributed by atoms with Gasteiger partial charge in [0.15, 0.2) is 5.78 Å². The van der Waals surface area contributed by atoms with E-state index in [4.69, 9.17) is 11.6 Å². The standard InChI is InChI=1S/C11H7BrClNOS/c12-10-3-7(13)1-2-9(10)11(15)4-8-5-14-6-16-8/h1-3,5-6H,4H2. The molecule has 0 atom stereocenters. The number of nitrogens with zero attached hydrogens (tertiary/aromatic N) is 1. The first kappa shape index (κ1) is 11.8. The molecular formula is C11H7BrClNOS. The summed E-state index contributed by atoms with van der Waals surface area (Å²) < 4.78 is 0.731. The van der Waals surface area contributed by atoms with Gasteiger partial charge in [-0.15, -0.1) is 11.3 Å². The van der Waals surface area contributed by atoms with Crippen LogP contribution in [0, 0.1) is 0 Å². The molecule has 1 heterocycles. The Balaban J connectivity index is 2.21. The summed E-state index contributed by atoms with van der Waals surface area (Å²) in [5.41, 5.74) is 2.37. The number of hydrogen-bond donors (Lipinski definition) is 0. The molecule has 0 aliphatic heterocycles. The predicted molar refractivity (Wildman–Crippen MR) is 69.3 cm³/mol. The summed E-state index contributed by atoms with van der Waals surface area (Å²) in [6.07, 6.45) is 2.09. The third kappa shape index (κ3) is 2.70. The topological polar surface area (TPSA) is 30.0 Å². The molecule has 0 spiro atoms. The molecule has 0 amide bonds. The lowest BCUT2D eigenvalue weighted by molar-refractivity contribution is 0.0993. The van der Waals surface area contributed by atoms with Gasteiger partial charge in [0, 0.05) is 32.6 Å². The van der Waals surface area contributed by atoms with Gasteiger partial charge in [-0.05, 0) is 34.1 Å². The summed E-state index contributed by atoms with van der Waals surface area (Å²) in [4.78, 5) is 16.9. The molecule has 0 unspecified atom stereocenters. The lowest BCUT2D eigenvalue weighted by Gasteiger charge is -2.02. The van der Waals surface area contributed by atoms with Crippen molar-refractivity contribution in [2.45, 2.75) is 6.42 Å². The second kappa shape index (κ2) is 5.08. The first-order chi connectivity index (χ1) is 7.66. The number of hydrogen-bond acceptors (Lipinski definition) is 3. The van der Waals surface area contributed by atoms with E-state index >= 15 is 0 Å². The van der Waals surface area contributed by atoms with Crippen molar-refractivity contribution in [1.82, 2.24) is 4.98 Å². The summed E-state index contributed by atoms with van der Waals surface area (Å²) in [6, 6.07) is 5.17. The molecule has 0 bridgehead atoms. The van der Waals surface area contributed by atoms with Crippen molar-refractivity contribution >= 4 is 44.7 Å². The number of rotatable bonds is 3. The maximum Gasteiger partial charge on any atom is 0.169 e. The van der Waals surface area contributed by atoms with E-state index in [0.29, 0.717) is 17.0 Å². The lowest BCUT2D eigenvalue weighted by Crippen LogP contribution is -2.03. The average Bonchev–Trinajstić information content (AvgIpc) is 2.70. The van der Waals surface area contributed by atoms with Crippen LogP contribution in [0.1, 0.15) is 15.2 Å². The van der Waals surface area contributed by atoms with Crippen molar-refractivity contribution in [3.05, 3.63) is 49.8 Å². The highest BCUT2D eigenvalue weighted by atomic mass is 79.9. The third-order valence-corrected chi connectivity index (χ3v) is 3.72. The van der Waals surface area contributed by atoms with Gasteiger partial charge in [-0.2, -0.15) is 0 Å². The molecule has 1 aromatic heterocycles. The van der Waals surface area contributed by atoms with Gasteiger partial charge in [-0.25, -0.2) is 0 Å². The van der Waals surface area contributed by atoms with Gasteiger partial charge < -0.3 is 0 Å². The van der Waals surface area contributed by atoms with Crippen molar-refractivity contribution in [2.24, 2.45) is 0 Å². The molecule has 82 valence electrons. The molecule has 0 aliphatic rings. The Morgan fingerprint density at radius 3 is 2.94 bits per heavy atom. The Morgan fingerprint density at radius 2 is 2.31 bits per heavy atom. The van der Waals surface area contributed by atoms with Crippen molar-refractivity contribution in [1.29, 1.82) is 0 Å². The predicted octanol–water partition coefficient (Wildman–Crippen LogP) is 3.98. The minimum Gasteiger partial charge on any atom is -0.294 e. The maximum atomic E-state index is 11.9. The first-order valence-corrected chi connectivity index (χ1v) is 6.57. The van der Waals surface area contributed by atoms with E-state index in [9.17, 15) is 4.79 Å². The highest BCUT2D eigenvalue weighted by molar-refractivity contribution is 9.10. The van der Waals surface area contributed by atoms with Crippen LogP contribution in [0.5, 0.6) is 0 Å². The van der Waals surface area contributed by atoms with Gasteiger partial charge in [-0.1, -0.05) is 11.6 Å². The number of carbonyl (C=O) groups is 1. The largest absolute Gasteiger partial charge is 0.294 e. The summed E-state index contributed by atoms with van der Waals surface area (Å²) >= 11 is 10.6. The Morgan fingerprint density at radius 1 is 1.50 bits per heavy atom. The Bertz CT molecular complexity index is 513. The second-order valence-electron chi connectivity index (χ2n) is 3.19. The minimum atomic E-state index is 0.0628. The summed E-state index contributed by atoms with van der Waals surface area (Å²) in [5.74, 6) is 0.0628. The fraction of sp³-hybridized carbons (Fsp3) is 0.0909. The number of aromatic nitrogens is 1. The molecule has 1 aromatic carbocycles. The molecule has 0 radical (unpaired) electrons. The maximum absolute atomic E-state index is 11.9. The Kier molecular flexibility index (Phi) is 3.74. The summed E-state index contributed by atoms with van der Waals surface area (Å²) in [6.45, 7) is 0. The van der Waals surface area contributed by atoms with E-state index in [0.717, 1.165) is 9.35 Å². The minimum absolute atomic E-state index is 0.0628. The van der Waals surface area contributed by atoms with Crippen LogP contribution < -0.4 is 0 Å². The van der Waals surface area contributed by atoms with Crippen LogP contribution in [0.2, 0.25) is 5.02 Å². The Labute approximate surface area is 110 Å². The lowest BCUT2D eigenvalue weighted by atomic mass is 10.1. The van der Waals surface area contributed by atoms with Gasteiger partial charge in [0.25, 0.3) is 0 Å². The van der Waals surface area contributed by atoms with Crippen molar-refractivity contribution in [2.75, 3.05) is 0 Å². The van der Waals surface area contributed by atoms with E-state index in [2.05, 4.69) is 20.9 Å². The highest BCUT2D eigenvalue weighted by Crippen LogP contribution is 2.23. The molecule has 16 heavy (non-hydrogen) atoms. The van der Waals surface area contributed by atoms with Crippen LogP contribution >= 0.6 is 38.9 Å². The van der Waals surface area contributed by atoms with Gasteiger partial charge in [-0.3, -0.25) is 9.78 Å². The van der Waals surface area contributed by atoms with Gasteiger partial charge >= 0.3 is 0 Å². The summed E-state index contributed by atoms with van der Waals surface area (Å²) in [5, 5.41) is 0.612. The van der Waals surface area contributed by atoms with Crippen LogP contribution in [-0.4, -0.2) is 10.8 Å². The molecule has 2 aromatic rings. The zero-order valence-electron chi connectivity index (χ0n) is 8.11. The molecule has 5 heteroatoms. The molecular weight excluding hydrogens is 310 g/mol. The SMILES string of the molecule is O=C(Cc1cncs1)c1ccc(Cl)cc1Br. The summed E-state index contributed by atoms with van der Waals surface area (Å²) in [7, 11) is 0. The first-order valence-electron chi connectivity index (χ1n) is 4.52. The van der Waals surface area contributed by atoms with Crippen molar-refractivity contribution in [3.8, 4) is 0 Å². The van der Waals surface area contributed by atoms with Crippen LogP contribution in [0.25, 0.3) is 0 Å². The Hall–Kier alpha value is -0.710. The molecule has 0 fully saturated rings. The number of ketones is 1. The van der Waals surface area contributed by atoms with E-state index in [1.807, 2.05) is 0 Å². The highest BCUT2D eigenvalue weighted by Gasteiger charge is 2.11. The van der Waals surface area contributed by atoms with Crippen LogP contribution in [0.4, 0.5) is 0 Å². The molecule has 0 N–H and O–H groups in total. The number of halogens is 2. The number of benzene rings is 1. The second-order valence-corrected chi connectivity index (χ2v) is 5.45. The molecule has 0 saturated carbocycles. The quantitative estimate of drug-likeness (QED) is 0.802. The number of thiazole rings is 1. The van der Waals surface area contributed by atoms with Gasteiger partial charge in [0.2, 0.25) is 0 Å². The van der Waals surface area contributed by atoms with Crippen molar-refractivity contribution in [3.63, 3.8) is 0 Å². The van der Waals surface area contributed by atoms with E-state index in [1.165, 1.54) is 11.3 Å². The van der Waals surface area contributed by atoms with Gasteiger partial charge in [0.1, 0.15) is 0 Å². The van der Waals surface area contributed by atoms with Gasteiger partial charge in [0.05, 0.1) is 5.51 Å². The fourth-order valence-corrected chi connectivity index (χ4v) is 2.80. The van der Waals surface area contributed by atoms with Crippen LogP contribution in [-0.2, 0) is 6.42 Å². The van der Waals surface area contributed by atoms with E-state index < -0.39 is 0 Å². The molecule has 2 nitrogen and oxygen atoms in total. The van der Waals surface area contributed by atoms with Crippen LogP contribution in [0.3, 0.4) is 0 Å². The zero-order valence-corrected chi connectivity index (χ0v) is 11.3. The number of Topliss-reactive ketones (excluding diaryl/α,β-unsaturated/α-hetero) is 1. The fourth-order valence-electron chi connectivity index (χ4n) is 1.30. The molecule has 0 saturated heterocycles. The monoisotopic (exact) mass is 315 g/mol. The number of carbonyl (C=O) groups excluding carboxylic acids is 1. The third-order valence-electron chi connectivity index (χ3n) is 2.05. The smallest absolute Gasteiger partial charge is 0.169 e.